The van der Waals surface area contributed by atoms with Gasteiger partial charge in [-0.25, -0.2) is 4.79 Å². The van der Waals surface area contributed by atoms with Crippen LogP contribution in [0.15, 0.2) is 46.0 Å². The summed E-state index contributed by atoms with van der Waals surface area (Å²) in [5, 5.41) is 0. The van der Waals surface area contributed by atoms with Gasteiger partial charge >= 0.3 is 5.69 Å². The number of aromatic nitrogens is 2. The Morgan fingerprint density at radius 2 is 1.86 bits per heavy atom. The van der Waals surface area contributed by atoms with E-state index >= 15 is 0 Å². The molecule has 7 nitrogen and oxygen atoms in total. The molecule has 2 N–H and O–H groups in total. The van der Waals surface area contributed by atoms with E-state index in [1.165, 1.54) is 22.8 Å². The number of nitrogens with two attached hydrogens (primary N) is 1. The molecule has 0 unspecified atom stereocenters. The summed E-state index contributed by atoms with van der Waals surface area (Å²) in [6.45, 7) is 5.69. The van der Waals surface area contributed by atoms with E-state index in [0.717, 1.165) is 17.5 Å². The van der Waals surface area contributed by atoms with E-state index in [-0.39, 0.29) is 29.6 Å². The molecular formula is C22H28N4O3. The summed E-state index contributed by atoms with van der Waals surface area (Å²) in [7, 11) is 1.38. The maximum Gasteiger partial charge on any atom is 0.332 e. The van der Waals surface area contributed by atoms with Gasteiger partial charge in [-0.3, -0.25) is 23.6 Å². The molecule has 1 aliphatic rings. The van der Waals surface area contributed by atoms with Gasteiger partial charge < -0.3 is 5.73 Å². The first-order chi connectivity index (χ1) is 13.8. The first kappa shape index (κ1) is 20.8. The summed E-state index contributed by atoms with van der Waals surface area (Å²) < 4.78 is 2.29. The monoisotopic (exact) mass is 396 g/mol. The largest absolute Gasteiger partial charge is 0.384 e. The molecular weight excluding hydrogens is 368 g/mol. The Balaban J connectivity index is 1.81. The molecule has 0 fully saturated rings. The molecule has 7 heteroatoms. The molecule has 0 saturated heterocycles. The van der Waals surface area contributed by atoms with Crippen molar-refractivity contribution in [3.63, 3.8) is 0 Å². The van der Waals surface area contributed by atoms with E-state index in [2.05, 4.69) is 18.2 Å². The molecule has 29 heavy (non-hydrogen) atoms. The van der Waals surface area contributed by atoms with Crippen LogP contribution in [0, 0.1) is 5.92 Å². The number of carbonyl (C=O) groups excluding carboxylic acids is 1. The molecule has 0 spiro atoms. The predicted octanol–water partition coefficient (Wildman–Crippen LogP) is 1.76. The lowest BCUT2D eigenvalue weighted by molar-refractivity contribution is 0.0935. The van der Waals surface area contributed by atoms with Crippen molar-refractivity contribution in [1.29, 1.82) is 0 Å². The minimum absolute atomic E-state index is 0.0330. The smallest absolute Gasteiger partial charge is 0.332 e. The molecule has 0 bridgehead atoms. The zero-order valence-corrected chi connectivity index (χ0v) is 17.2. The standard InChI is InChI=1S/C22H28N4O3/c1-15(2)13-26-20(23)19(21(28)24(3)22(26)29)18(27)14-25-11-9-17(10-12-25)16-7-5-4-6-8-16/h4-9,15H,10-14,23H2,1-3H3. The molecule has 2 heterocycles. The SMILES string of the molecule is CC(C)Cn1c(N)c(C(=O)CN2CC=C(c3ccccc3)CC2)c(=O)n(C)c1=O. The highest BCUT2D eigenvalue weighted by Gasteiger charge is 2.24. The minimum atomic E-state index is -0.630. The Bertz CT molecular complexity index is 1050. The van der Waals surface area contributed by atoms with Crippen molar-refractivity contribution in [2.45, 2.75) is 26.8 Å². The van der Waals surface area contributed by atoms with Crippen molar-refractivity contribution in [1.82, 2.24) is 14.0 Å². The zero-order valence-electron chi connectivity index (χ0n) is 17.2. The number of Topliss-reactive ketones (excluding diaryl/α,β-unsaturated/α-hetero) is 1. The lowest BCUT2D eigenvalue weighted by Crippen LogP contribution is -2.45. The van der Waals surface area contributed by atoms with Crippen molar-refractivity contribution < 1.29 is 4.79 Å². The summed E-state index contributed by atoms with van der Waals surface area (Å²) in [5.41, 5.74) is 7.34. The van der Waals surface area contributed by atoms with E-state index in [4.69, 9.17) is 5.73 Å². The molecule has 0 atom stereocenters. The van der Waals surface area contributed by atoms with E-state index in [1.54, 1.807) is 0 Å². The molecule has 3 rings (SSSR count). The fourth-order valence-electron chi connectivity index (χ4n) is 3.64. The summed E-state index contributed by atoms with van der Waals surface area (Å²) in [6, 6.07) is 10.2. The molecule has 0 radical (unpaired) electrons. The highest BCUT2D eigenvalue weighted by atomic mass is 16.2. The van der Waals surface area contributed by atoms with Crippen LogP contribution >= 0.6 is 0 Å². The molecule has 0 aliphatic carbocycles. The maximum absolute atomic E-state index is 12.9. The number of hydrogen-bond donors (Lipinski definition) is 1. The maximum atomic E-state index is 12.9. The van der Waals surface area contributed by atoms with Crippen molar-refractivity contribution in [2.75, 3.05) is 25.4 Å². The Hall–Kier alpha value is -2.93. The molecule has 154 valence electrons. The van der Waals surface area contributed by atoms with Crippen LogP contribution in [-0.2, 0) is 13.6 Å². The van der Waals surface area contributed by atoms with Gasteiger partial charge in [0.2, 0.25) is 0 Å². The number of anilines is 1. The number of benzene rings is 1. The van der Waals surface area contributed by atoms with Crippen LogP contribution < -0.4 is 17.0 Å². The van der Waals surface area contributed by atoms with Crippen molar-refractivity contribution in [3.05, 3.63) is 68.4 Å². The molecule has 1 aliphatic heterocycles. The normalized spacial score (nSPS) is 14.8. The minimum Gasteiger partial charge on any atom is -0.384 e. The first-order valence-electron chi connectivity index (χ1n) is 9.89. The van der Waals surface area contributed by atoms with Gasteiger partial charge in [-0.05, 0) is 23.5 Å². The fourth-order valence-corrected chi connectivity index (χ4v) is 3.64. The average Bonchev–Trinajstić information content (AvgIpc) is 2.71. The van der Waals surface area contributed by atoms with Crippen LogP contribution in [-0.4, -0.2) is 39.5 Å². The predicted molar refractivity (Wildman–Crippen MR) is 115 cm³/mol. The van der Waals surface area contributed by atoms with Gasteiger partial charge in [0.15, 0.2) is 5.78 Å². The number of nitrogens with zero attached hydrogens (tertiary/aromatic N) is 3. The van der Waals surface area contributed by atoms with E-state index in [9.17, 15) is 14.4 Å². The summed E-state index contributed by atoms with van der Waals surface area (Å²) in [4.78, 5) is 39.9. The van der Waals surface area contributed by atoms with Gasteiger partial charge in [-0.1, -0.05) is 50.3 Å². The second-order valence-electron chi connectivity index (χ2n) is 7.92. The van der Waals surface area contributed by atoms with Gasteiger partial charge in [0.25, 0.3) is 5.56 Å². The van der Waals surface area contributed by atoms with Crippen LogP contribution in [0.3, 0.4) is 0 Å². The first-order valence-corrected chi connectivity index (χ1v) is 9.89. The van der Waals surface area contributed by atoms with Gasteiger partial charge in [0.1, 0.15) is 11.4 Å². The Kier molecular flexibility index (Phi) is 6.17. The van der Waals surface area contributed by atoms with Crippen LogP contribution in [0.1, 0.15) is 36.2 Å². The molecule has 1 aromatic heterocycles. The highest BCUT2D eigenvalue weighted by molar-refractivity contribution is 6.01. The van der Waals surface area contributed by atoms with Crippen molar-refractivity contribution in [3.8, 4) is 0 Å². The summed E-state index contributed by atoms with van der Waals surface area (Å²) in [5.74, 6) is -0.231. The third-order valence-electron chi connectivity index (χ3n) is 5.21. The number of ketones is 1. The summed E-state index contributed by atoms with van der Waals surface area (Å²) >= 11 is 0. The van der Waals surface area contributed by atoms with Crippen molar-refractivity contribution in [2.24, 2.45) is 13.0 Å². The average molecular weight is 396 g/mol. The topological polar surface area (TPSA) is 90.3 Å². The second-order valence-corrected chi connectivity index (χ2v) is 7.92. The second kappa shape index (κ2) is 8.61. The molecule has 0 saturated carbocycles. The third kappa shape index (κ3) is 4.40. The fraction of sp³-hybridized carbons (Fsp3) is 0.409. The Morgan fingerprint density at radius 3 is 2.45 bits per heavy atom. The molecule has 2 aromatic rings. The molecule has 0 amide bonds. The highest BCUT2D eigenvalue weighted by Crippen LogP contribution is 2.22. The zero-order chi connectivity index (χ0) is 21.1. The van der Waals surface area contributed by atoms with Gasteiger partial charge in [-0.2, -0.15) is 0 Å². The van der Waals surface area contributed by atoms with E-state index in [0.29, 0.717) is 13.1 Å². The van der Waals surface area contributed by atoms with E-state index < -0.39 is 11.2 Å². The number of nitrogen functional groups attached to an aromatic ring is 1. The van der Waals surface area contributed by atoms with Crippen LogP contribution in [0.2, 0.25) is 0 Å². The van der Waals surface area contributed by atoms with Crippen LogP contribution in [0.5, 0.6) is 0 Å². The van der Waals surface area contributed by atoms with Gasteiger partial charge in [-0.15, -0.1) is 0 Å². The lowest BCUT2D eigenvalue weighted by atomic mass is 9.99. The number of rotatable bonds is 6. The van der Waals surface area contributed by atoms with Gasteiger partial charge in [0, 0.05) is 26.7 Å². The van der Waals surface area contributed by atoms with Crippen LogP contribution in [0.4, 0.5) is 5.82 Å². The van der Waals surface area contributed by atoms with E-state index in [1.807, 2.05) is 36.9 Å². The van der Waals surface area contributed by atoms with Crippen molar-refractivity contribution >= 4 is 17.2 Å². The summed E-state index contributed by atoms with van der Waals surface area (Å²) in [6.07, 6.45) is 2.95. The lowest BCUT2D eigenvalue weighted by Gasteiger charge is -2.26. The quantitative estimate of drug-likeness (QED) is 0.752. The number of carbonyl (C=O) groups is 1. The third-order valence-corrected chi connectivity index (χ3v) is 5.21. The Labute approximate surface area is 170 Å². The van der Waals surface area contributed by atoms with Crippen LogP contribution in [0.25, 0.3) is 5.57 Å². The van der Waals surface area contributed by atoms with Gasteiger partial charge in [0.05, 0.1) is 6.54 Å². The number of hydrogen-bond acceptors (Lipinski definition) is 5. The Morgan fingerprint density at radius 1 is 1.17 bits per heavy atom. The molecule has 1 aromatic carbocycles.